The van der Waals surface area contributed by atoms with Crippen molar-refractivity contribution in [3.63, 3.8) is 0 Å². The van der Waals surface area contributed by atoms with E-state index in [2.05, 4.69) is 10.1 Å². The van der Waals surface area contributed by atoms with Crippen LogP contribution in [0.15, 0.2) is 18.2 Å². The number of ether oxygens (including phenoxy) is 3. The highest BCUT2D eigenvalue weighted by Gasteiger charge is 2.21. The van der Waals surface area contributed by atoms with Crippen molar-refractivity contribution in [2.45, 2.75) is 0 Å². The molecule has 104 valence electrons. The number of methoxy groups -OCH3 is 3. The molecule has 6 heteroatoms. The lowest BCUT2D eigenvalue weighted by Gasteiger charge is -2.13. The zero-order valence-corrected chi connectivity index (χ0v) is 11.2. The zero-order chi connectivity index (χ0) is 14.3. The predicted octanol–water partition coefficient (Wildman–Crippen LogP) is 1.32. The largest absolute Gasteiger partial charge is 0.465 e. The van der Waals surface area contributed by atoms with Gasteiger partial charge in [-0.05, 0) is 12.1 Å². The van der Waals surface area contributed by atoms with Gasteiger partial charge in [0.1, 0.15) is 0 Å². The van der Waals surface area contributed by atoms with Crippen LogP contribution in [0.5, 0.6) is 0 Å². The Labute approximate surface area is 111 Å². The van der Waals surface area contributed by atoms with Gasteiger partial charge >= 0.3 is 11.9 Å². The third-order valence-electron chi connectivity index (χ3n) is 2.48. The van der Waals surface area contributed by atoms with Gasteiger partial charge in [0.05, 0.1) is 32.0 Å². The predicted molar refractivity (Wildman–Crippen MR) is 69.5 cm³/mol. The van der Waals surface area contributed by atoms with E-state index in [1.807, 2.05) is 0 Å². The molecule has 0 aliphatic carbocycles. The molecule has 1 rings (SSSR count). The Bertz CT molecular complexity index is 458. The average Bonchev–Trinajstić information content (AvgIpc) is 2.45. The van der Waals surface area contributed by atoms with Crippen LogP contribution in [-0.2, 0) is 14.2 Å². The van der Waals surface area contributed by atoms with Gasteiger partial charge in [-0.15, -0.1) is 0 Å². The van der Waals surface area contributed by atoms with E-state index in [4.69, 9.17) is 9.47 Å². The molecular formula is C13H17NO5. The lowest BCUT2D eigenvalue weighted by atomic mass is 10.1. The van der Waals surface area contributed by atoms with E-state index in [9.17, 15) is 9.59 Å². The number of anilines is 1. The molecule has 0 aromatic heterocycles. The minimum Gasteiger partial charge on any atom is -0.465 e. The second kappa shape index (κ2) is 7.38. The van der Waals surface area contributed by atoms with Crippen LogP contribution in [0.2, 0.25) is 0 Å². The number of carbonyl (C=O) groups excluding carboxylic acids is 2. The molecule has 0 amide bonds. The molecule has 1 N–H and O–H groups in total. The van der Waals surface area contributed by atoms with Crippen molar-refractivity contribution in [2.24, 2.45) is 0 Å². The van der Waals surface area contributed by atoms with Crippen LogP contribution in [0.25, 0.3) is 0 Å². The van der Waals surface area contributed by atoms with E-state index in [0.29, 0.717) is 18.8 Å². The van der Waals surface area contributed by atoms with Crippen molar-refractivity contribution in [3.05, 3.63) is 29.3 Å². The Hall–Kier alpha value is -2.08. The molecular weight excluding hydrogens is 250 g/mol. The van der Waals surface area contributed by atoms with Crippen LogP contribution in [0.1, 0.15) is 20.7 Å². The number of esters is 2. The summed E-state index contributed by atoms with van der Waals surface area (Å²) in [5.74, 6) is -1.18. The molecule has 0 saturated heterocycles. The molecule has 1 aromatic rings. The van der Waals surface area contributed by atoms with Gasteiger partial charge in [-0.3, -0.25) is 0 Å². The van der Waals surface area contributed by atoms with Crippen molar-refractivity contribution in [1.29, 1.82) is 0 Å². The Balaban J connectivity index is 3.14. The Morgan fingerprint density at radius 2 is 1.79 bits per heavy atom. The number of rotatable bonds is 6. The maximum atomic E-state index is 11.8. The minimum absolute atomic E-state index is 0.160. The molecule has 6 nitrogen and oxygen atoms in total. The van der Waals surface area contributed by atoms with Crippen LogP contribution >= 0.6 is 0 Å². The second-order valence-electron chi connectivity index (χ2n) is 3.63. The number of benzene rings is 1. The van der Waals surface area contributed by atoms with Crippen molar-refractivity contribution >= 4 is 17.6 Å². The lowest BCUT2D eigenvalue weighted by molar-refractivity contribution is 0.0556. The van der Waals surface area contributed by atoms with Crippen LogP contribution in [0, 0.1) is 0 Å². The monoisotopic (exact) mass is 267 g/mol. The molecule has 1 aromatic carbocycles. The van der Waals surface area contributed by atoms with Crippen LogP contribution in [-0.4, -0.2) is 46.4 Å². The topological polar surface area (TPSA) is 73.9 Å². The third-order valence-corrected chi connectivity index (χ3v) is 2.48. The highest BCUT2D eigenvalue weighted by atomic mass is 16.5. The molecule has 0 aliphatic rings. The first-order valence-corrected chi connectivity index (χ1v) is 5.68. The van der Waals surface area contributed by atoms with Crippen LogP contribution in [0.3, 0.4) is 0 Å². The molecule has 0 atom stereocenters. The number of carbonyl (C=O) groups is 2. The quantitative estimate of drug-likeness (QED) is 0.619. The summed E-state index contributed by atoms with van der Waals surface area (Å²) in [7, 11) is 4.09. The first-order valence-electron chi connectivity index (χ1n) is 5.68. The first kappa shape index (κ1) is 15.0. The zero-order valence-electron chi connectivity index (χ0n) is 11.2. The maximum absolute atomic E-state index is 11.8. The van der Waals surface area contributed by atoms with Crippen LogP contribution < -0.4 is 5.32 Å². The molecule has 0 heterocycles. The molecule has 19 heavy (non-hydrogen) atoms. The van der Waals surface area contributed by atoms with Crippen LogP contribution in [0.4, 0.5) is 5.69 Å². The summed E-state index contributed by atoms with van der Waals surface area (Å²) in [6.07, 6.45) is 0. The van der Waals surface area contributed by atoms with E-state index in [1.165, 1.54) is 20.3 Å². The Morgan fingerprint density at radius 1 is 1.11 bits per heavy atom. The smallest absolute Gasteiger partial charge is 0.340 e. The van der Waals surface area contributed by atoms with Gasteiger partial charge in [0.25, 0.3) is 0 Å². The fourth-order valence-corrected chi connectivity index (χ4v) is 1.59. The Kier molecular flexibility index (Phi) is 5.81. The van der Waals surface area contributed by atoms with Gasteiger partial charge in [0.2, 0.25) is 0 Å². The molecule has 0 aliphatic heterocycles. The van der Waals surface area contributed by atoms with Crippen molar-refractivity contribution in [2.75, 3.05) is 39.8 Å². The van der Waals surface area contributed by atoms with Gasteiger partial charge < -0.3 is 19.5 Å². The molecule has 0 bridgehead atoms. The van der Waals surface area contributed by atoms with Crippen molar-refractivity contribution < 1.29 is 23.8 Å². The fraction of sp³-hybridized carbons (Fsp3) is 0.385. The van der Waals surface area contributed by atoms with Gasteiger partial charge in [0, 0.05) is 19.3 Å². The SMILES string of the molecule is COCCNc1cccc(C(=O)OC)c1C(=O)OC. The fourth-order valence-electron chi connectivity index (χ4n) is 1.59. The molecule has 0 radical (unpaired) electrons. The van der Waals surface area contributed by atoms with E-state index in [-0.39, 0.29) is 11.1 Å². The van der Waals surface area contributed by atoms with E-state index in [1.54, 1.807) is 19.2 Å². The Morgan fingerprint density at radius 3 is 2.37 bits per heavy atom. The number of hydrogen-bond donors (Lipinski definition) is 1. The van der Waals surface area contributed by atoms with Crippen molar-refractivity contribution in [1.82, 2.24) is 0 Å². The maximum Gasteiger partial charge on any atom is 0.340 e. The first-order chi connectivity index (χ1) is 9.15. The minimum atomic E-state index is -0.596. The molecule has 0 saturated carbocycles. The summed E-state index contributed by atoms with van der Waals surface area (Å²) in [5.41, 5.74) is 0.830. The second-order valence-corrected chi connectivity index (χ2v) is 3.63. The average molecular weight is 267 g/mol. The summed E-state index contributed by atoms with van der Waals surface area (Å²) in [5, 5.41) is 3.02. The van der Waals surface area contributed by atoms with Gasteiger partial charge in [-0.2, -0.15) is 0 Å². The summed E-state index contributed by atoms with van der Waals surface area (Å²) in [6, 6.07) is 4.86. The summed E-state index contributed by atoms with van der Waals surface area (Å²) in [6.45, 7) is 0.980. The highest BCUT2D eigenvalue weighted by Crippen LogP contribution is 2.21. The number of nitrogens with one attached hydrogen (secondary N) is 1. The standard InChI is InChI=1S/C13H17NO5/c1-17-8-7-14-10-6-4-5-9(12(15)18-2)11(10)13(16)19-3/h4-6,14H,7-8H2,1-3H3. The molecule has 0 fully saturated rings. The third kappa shape index (κ3) is 3.69. The van der Waals surface area contributed by atoms with Crippen molar-refractivity contribution in [3.8, 4) is 0 Å². The molecule has 0 spiro atoms. The van der Waals surface area contributed by atoms with Gasteiger partial charge in [-0.25, -0.2) is 9.59 Å². The van der Waals surface area contributed by atoms with E-state index >= 15 is 0 Å². The molecule has 0 unspecified atom stereocenters. The van der Waals surface area contributed by atoms with E-state index < -0.39 is 11.9 Å². The summed E-state index contributed by atoms with van der Waals surface area (Å²) < 4.78 is 14.3. The van der Waals surface area contributed by atoms with Gasteiger partial charge in [-0.1, -0.05) is 6.07 Å². The normalized spacial score (nSPS) is 9.84. The highest BCUT2D eigenvalue weighted by molar-refractivity contribution is 6.07. The summed E-state index contributed by atoms with van der Waals surface area (Å²) in [4.78, 5) is 23.5. The van der Waals surface area contributed by atoms with E-state index in [0.717, 1.165) is 0 Å². The number of hydrogen-bond acceptors (Lipinski definition) is 6. The lowest BCUT2D eigenvalue weighted by Crippen LogP contribution is -2.17. The van der Waals surface area contributed by atoms with Gasteiger partial charge in [0.15, 0.2) is 0 Å². The summed E-state index contributed by atoms with van der Waals surface area (Å²) >= 11 is 0.